The van der Waals surface area contributed by atoms with Crippen LogP contribution in [-0.4, -0.2) is 35.0 Å². The number of anilines is 1. The van der Waals surface area contributed by atoms with E-state index in [1.54, 1.807) is 18.2 Å². The first-order chi connectivity index (χ1) is 9.02. The second-order valence-corrected chi connectivity index (χ2v) is 4.06. The van der Waals surface area contributed by atoms with Gasteiger partial charge in [-0.05, 0) is 30.7 Å². The van der Waals surface area contributed by atoms with Crippen LogP contribution in [0.15, 0.2) is 30.3 Å². The smallest absolute Gasteiger partial charge is 0.305 e. The van der Waals surface area contributed by atoms with Crippen molar-refractivity contribution in [3.8, 4) is 0 Å². The van der Waals surface area contributed by atoms with Gasteiger partial charge in [0.15, 0.2) is 0 Å². The van der Waals surface area contributed by atoms with Crippen LogP contribution in [0.5, 0.6) is 0 Å². The van der Waals surface area contributed by atoms with Crippen LogP contribution in [0.25, 0.3) is 6.08 Å². The lowest BCUT2D eigenvalue weighted by atomic mass is 10.2. The van der Waals surface area contributed by atoms with Gasteiger partial charge in [-0.3, -0.25) is 9.59 Å². The van der Waals surface area contributed by atoms with Crippen molar-refractivity contribution in [2.75, 3.05) is 18.8 Å². The largest absolute Gasteiger partial charge is 0.481 e. The first kappa shape index (κ1) is 14.8. The van der Waals surface area contributed by atoms with Crippen molar-refractivity contribution in [1.82, 2.24) is 4.90 Å². The van der Waals surface area contributed by atoms with Gasteiger partial charge in [-0.15, -0.1) is 0 Å². The molecular weight excluding hydrogens is 244 g/mol. The van der Waals surface area contributed by atoms with Crippen LogP contribution < -0.4 is 5.73 Å². The first-order valence-electron chi connectivity index (χ1n) is 6.07. The molecule has 102 valence electrons. The predicted molar refractivity (Wildman–Crippen MR) is 74.4 cm³/mol. The fraction of sp³-hybridized carbons (Fsp3) is 0.286. The summed E-state index contributed by atoms with van der Waals surface area (Å²) in [6, 6.07) is 7.14. The van der Waals surface area contributed by atoms with Crippen LogP contribution in [0.4, 0.5) is 5.69 Å². The summed E-state index contributed by atoms with van der Waals surface area (Å²) < 4.78 is 0. The molecule has 1 aromatic carbocycles. The molecule has 0 heterocycles. The number of nitrogen functional groups attached to an aromatic ring is 1. The molecule has 3 N–H and O–H groups in total. The molecule has 0 atom stereocenters. The highest BCUT2D eigenvalue weighted by atomic mass is 16.4. The van der Waals surface area contributed by atoms with Crippen molar-refractivity contribution < 1.29 is 14.7 Å². The van der Waals surface area contributed by atoms with Gasteiger partial charge in [-0.1, -0.05) is 12.1 Å². The number of benzene rings is 1. The summed E-state index contributed by atoms with van der Waals surface area (Å²) in [5.74, 6) is -1.10. The van der Waals surface area contributed by atoms with E-state index >= 15 is 0 Å². The molecule has 0 fully saturated rings. The van der Waals surface area contributed by atoms with Gasteiger partial charge >= 0.3 is 5.97 Å². The van der Waals surface area contributed by atoms with Crippen LogP contribution in [-0.2, 0) is 9.59 Å². The monoisotopic (exact) mass is 262 g/mol. The molecule has 0 aliphatic carbocycles. The van der Waals surface area contributed by atoms with Crippen LogP contribution in [0.3, 0.4) is 0 Å². The molecule has 0 aliphatic rings. The molecule has 0 spiro atoms. The first-order valence-corrected chi connectivity index (χ1v) is 6.07. The highest BCUT2D eigenvalue weighted by molar-refractivity contribution is 5.92. The lowest BCUT2D eigenvalue weighted by Gasteiger charge is -2.17. The Morgan fingerprint density at radius 2 is 1.95 bits per heavy atom. The molecule has 1 aromatic rings. The van der Waals surface area contributed by atoms with Gasteiger partial charge in [0.2, 0.25) is 5.91 Å². The summed E-state index contributed by atoms with van der Waals surface area (Å²) in [6.45, 7) is 2.52. The quantitative estimate of drug-likeness (QED) is 0.602. The maximum absolute atomic E-state index is 11.8. The summed E-state index contributed by atoms with van der Waals surface area (Å²) >= 11 is 0. The van der Waals surface area contributed by atoms with Gasteiger partial charge in [-0.25, -0.2) is 0 Å². The molecule has 0 unspecified atom stereocenters. The Hall–Kier alpha value is -2.30. The van der Waals surface area contributed by atoms with Crippen molar-refractivity contribution >= 4 is 23.6 Å². The predicted octanol–water partition coefficient (Wildman–Crippen LogP) is 1.61. The molecule has 0 radical (unpaired) electrons. The molecular formula is C14H18N2O3. The summed E-state index contributed by atoms with van der Waals surface area (Å²) in [5, 5.41) is 8.61. The lowest BCUT2D eigenvalue weighted by molar-refractivity contribution is -0.137. The molecule has 0 saturated heterocycles. The number of nitrogens with two attached hydrogens (primary N) is 1. The van der Waals surface area contributed by atoms with E-state index in [1.807, 2.05) is 19.1 Å². The van der Waals surface area contributed by atoms with E-state index in [-0.39, 0.29) is 18.9 Å². The van der Waals surface area contributed by atoms with Crippen molar-refractivity contribution in [2.45, 2.75) is 13.3 Å². The second kappa shape index (κ2) is 7.20. The third-order valence-electron chi connectivity index (χ3n) is 2.64. The van der Waals surface area contributed by atoms with Gasteiger partial charge in [0.25, 0.3) is 0 Å². The van der Waals surface area contributed by atoms with Crippen molar-refractivity contribution in [3.63, 3.8) is 0 Å². The number of aliphatic carboxylic acids is 1. The summed E-state index contributed by atoms with van der Waals surface area (Å²) in [7, 11) is 0. The van der Waals surface area contributed by atoms with E-state index in [4.69, 9.17) is 10.8 Å². The number of carbonyl (C=O) groups excluding carboxylic acids is 1. The number of carboxylic acids is 1. The van der Waals surface area contributed by atoms with Crippen LogP contribution in [0, 0.1) is 0 Å². The molecule has 1 rings (SSSR count). The Labute approximate surface area is 112 Å². The SMILES string of the molecule is CCN(CCC(=O)O)C(=O)/C=C/c1ccc(N)cc1. The minimum atomic E-state index is -0.909. The molecule has 1 amide bonds. The molecule has 0 aromatic heterocycles. The minimum absolute atomic E-state index is 0.0463. The fourth-order valence-electron chi connectivity index (χ4n) is 1.53. The topological polar surface area (TPSA) is 83.6 Å². The van der Waals surface area contributed by atoms with E-state index in [0.29, 0.717) is 12.2 Å². The molecule has 0 aliphatic heterocycles. The van der Waals surface area contributed by atoms with E-state index in [0.717, 1.165) is 5.56 Å². The Kier molecular flexibility index (Phi) is 5.60. The van der Waals surface area contributed by atoms with Gasteiger partial charge < -0.3 is 15.7 Å². The summed E-state index contributed by atoms with van der Waals surface area (Å²) in [6.07, 6.45) is 3.08. The number of carboxylic acid groups (broad SMARTS) is 1. The normalized spacial score (nSPS) is 10.6. The fourth-order valence-corrected chi connectivity index (χ4v) is 1.53. The standard InChI is InChI=1S/C14H18N2O3/c1-2-16(10-9-14(18)19)13(17)8-5-11-3-6-12(15)7-4-11/h3-8H,2,9-10,15H2,1H3,(H,18,19)/b8-5+. The zero-order valence-electron chi connectivity index (χ0n) is 10.9. The zero-order valence-corrected chi connectivity index (χ0v) is 10.9. The Morgan fingerprint density at radius 3 is 2.47 bits per heavy atom. The number of carbonyl (C=O) groups is 2. The zero-order chi connectivity index (χ0) is 14.3. The summed E-state index contributed by atoms with van der Waals surface area (Å²) in [4.78, 5) is 23.8. The van der Waals surface area contributed by atoms with Crippen LogP contribution in [0.1, 0.15) is 18.9 Å². The summed E-state index contributed by atoms with van der Waals surface area (Å²) in [5.41, 5.74) is 7.10. The number of nitrogens with zero attached hydrogens (tertiary/aromatic N) is 1. The minimum Gasteiger partial charge on any atom is -0.481 e. The third-order valence-corrected chi connectivity index (χ3v) is 2.64. The number of rotatable bonds is 6. The van der Waals surface area contributed by atoms with Gasteiger partial charge in [0.1, 0.15) is 0 Å². The van der Waals surface area contributed by atoms with Gasteiger partial charge in [0.05, 0.1) is 6.42 Å². The van der Waals surface area contributed by atoms with Crippen LogP contribution in [0.2, 0.25) is 0 Å². The highest BCUT2D eigenvalue weighted by Gasteiger charge is 2.09. The molecule has 5 heteroatoms. The van der Waals surface area contributed by atoms with E-state index in [1.165, 1.54) is 11.0 Å². The van der Waals surface area contributed by atoms with Crippen molar-refractivity contribution in [2.24, 2.45) is 0 Å². The Bertz CT molecular complexity index is 466. The number of hydrogen-bond acceptors (Lipinski definition) is 3. The van der Waals surface area contributed by atoms with E-state index < -0.39 is 5.97 Å². The van der Waals surface area contributed by atoms with E-state index in [9.17, 15) is 9.59 Å². The second-order valence-electron chi connectivity index (χ2n) is 4.06. The van der Waals surface area contributed by atoms with Gasteiger partial charge in [0, 0.05) is 24.9 Å². The lowest BCUT2D eigenvalue weighted by Crippen LogP contribution is -2.31. The molecule has 0 saturated carbocycles. The molecule has 0 bridgehead atoms. The average molecular weight is 262 g/mol. The highest BCUT2D eigenvalue weighted by Crippen LogP contribution is 2.07. The maximum atomic E-state index is 11.8. The molecule has 19 heavy (non-hydrogen) atoms. The van der Waals surface area contributed by atoms with E-state index in [2.05, 4.69) is 0 Å². The number of amides is 1. The Morgan fingerprint density at radius 1 is 1.32 bits per heavy atom. The van der Waals surface area contributed by atoms with Crippen molar-refractivity contribution in [1.29, 1.82) is 0 Å². The number of likely N-dealkylation sites (N-methyl/N-ethyl adjacent to an activating group) is 1. The Balaban J connectivity index is 2.60. The average Bonchev–Trinajstić information content (AvgIpc) is 2.38. The number of hydrogen-bond donors (Lipinski definition) is 2. The third kappa shape index (κ3) is 5.25. The molecule has 5 nitrogen and oxygen atoms in total. The van der Waals surface area contributed by atoms with Crippen molar-refractivity contribution in [3.05, 3.63) is 35.9 Å². The van der Waals surface area contributed by atoms with Gasteiger partial charge in [-0.2, -0.15) is 0 Å². The van der Waals surface area contributed by atoms with Crippen LogP contribution >= 0.6 is 0 Å². The maximum Gasteiger partial charge on any atom is 0.305 e.